The number of rotatable bonds is 5. The molecule has 8 heteroatoms. The Hall–Kier alpha value is -0.860. The molecule has 0 bridgehead atoms. The quantitative estimate of drug-likeness (QED) is 0.675. The molecule has 1 saturated heterocycles. The van der Waals surface area contributed by atoms with Crippen LogP contribution in [-0.2, 0) is 10.0 Å². The molecule has 2 rings (SSSR count). The predicted octanol–water partition coefficient (Wildman–Crippen LogP) is 0.507. The van der Waals surface area contributed by atoms with Crippen molar-refractivity contribution in [2.75, 3.05) is 25.9 Å². The molecule has 2 amide bonds. The van der Waals surface area contributed by atoms with Crippen LogP contribution in [0.25, 0.3) is 0 Å². The van der Waals surface area contributed by atoms with Crippen LogP contribution in [0.2, 0.25) is 0 Å². The van der Waals surface area contributed by atoms with Gasteiger partial charge in [0.2, 0.25) is 10.0 Å². The van der Waals surface area contributed by atoms with Gasteiger partial charge < -0.3 is 15.3 Å². The van der Waals surface area contributed by atoms with Gasteiger partial charge in [-0.25, -0.2) is 17.9 Å². The van der Waals surface area contributed by atoms with Crippen molar-refractivity contribution in [2.24, 2.45) is 11.8 Å². The number of urea groups is 1. The van der Waals surface area contributed by atoms with E-state index in [1.807, 2.05) is 0 Å². The van der Waals surface area contributed by atoms with Crippen LogP contribution in [0.15, 0.2) is 0 Å². The van der Waals surface area contributed by atoms with Crippen molar-refractivity contribution in [2.45, 2.75) is 51.2 Å². The van der Waals surface area contributed by atoms with Crippen LogP contribution in [0.5, 0.6) is 0 Å². The maximum Gasteiger partial charge on any atom is 0.317 e. The summed E-state index contributed by atoms with van der Waals surface area (Å²) < 4.78 is 25.0. The van der Waals surface area contributed by atoms with Crippen molar-refractivity contribution in [3.63, 3.8) is 0 Å². The lowest BCUT2D eigenvalue weighted by Crippen LogP contribution is -2.50. The van der Waals surface area contributed by atoms with E-state index in [2.05, 4.69) is 17.0 Å². The molecule has 23 heavy (non-hydrogen) atoms. The van der Waals surface area contributed by atoms with Crippen molar-refractivity contribution >= 4 is 16.1 Å². The topological polar surface area (TPSA) is 98.7 Å². The molecule has 1 aliphatic carbocycles. The average Bonchev–Trinajstić information content (AvgIpc) is 2.99. The zero-order valence-corrected chi connectivity index (χ0v) is 14.8. The van der Waals surface area contributed by atoms with Crippen LogP contribution >= 0.6 is 0 Å². The summed E-state index contributed by atoms with van der Waals surface area (Å²) in [5.41, 5.74) is 0. The Kier molecular flexibility index (Phi) is 6.27. The molecule has 0 aromatic carbocycles. The Morgan fingerprint density at radius 3 is 2.74 bits per heavy atom. The zero-order valence-electron chi connectivity index (χ0n) is 14.0. The summed E-state index contributed by atoms with van der Waals surface area (Å²) in [6.07, 6.45) is 4.30. The van der Waals surface area contributed by atoms with E-state index >= 15 is 0 Å². The van der Waals surface area contributed by atoms with Crippen LogP contribution in [0.1, 0.15) is 39.0 Å². The Balaban J connectivity index is 1.91. The molecule has 1 aliphatic heterocycles. The molecule has 1 saturated carbocycles. The maximum absolute atomic E-state index is 12.4. The second-order valence-corrected chi connectivity index (χ2v) is 8.85. The van der Waals surface area contributed by atoms with E-state index in [1.165, 1.54) is 7.05 Å². The number of hydrogen-bond donors (Lipinski definition) is 3. The first-order chi connectivity index (χ1) is 10.8. The second kappa shape index (κ2) is 7.81. The minimum Gasteiger partial charge on any atom is -0.393 e. The molecule has 7 nitrogen and oxygen atoms in total. The zero-order chi connectivity index (χ0) is 17.0. The Morgan fingerprint density at radius 1 is 1.30 bits per heavy atom. The van der Waals surface area contributed by atoms with Gasteiger partial charge in [0.05, 0.1) is 11.9 Å². The van der Waals surface area contributed by atoms with Gasteiger partial charge in [0.25, 0.3) is 0 Å². The minimum absolute atomic E-state index is 0.0636. The molecular formula is C15H29N3O4S. The highest BCUT2D eigenvalue weighted by Crippen LogP contribution is 2.37. The van der Waals surface area contributed by atoms with E-state index in [1.54, 1.807) is 4.90 Å². The molecule has 0 unspecified atom stereocenters. The molecule has 2 aliphatic rings. The Labute approximate surface area is 138 Å². The van der Waals surface area contributed by atoms with E-state index in [9.17, 15) is 18.3 Å². The van der Waals surface area contributed by atoms with Crippen LogP contribution in [-0.4, -0.2) is 62.5 Å². The largest absolute Gasteiger partial charge is 0.393 e. The molecule has 0 spiro atoms. The number of aliphatic hydroxyl groups excluding tert-OH is 1. The number of nitrogens with zero attached hydrogens (tertiary/aromatic N) is 1. The lowest BCUT2D eigenvalue weighted by molar-refractivity contribution is 0.0154. The number of sulfonamides is 1. The fraction of sp³-hybridized carbons (Fsp3) is 0.933. The van der Waals surface area contributed by atoms with E-state index in [-0.39, 0.29) is 36.4 Å². The molecule has 0 radical (unpaired) electrons. The van der Waals surface area contributed by atoms with Gasteiger partial charge in [-0.05, 0) is 45.1 Å². The first-order valence-electron chi connectivity index (χ1n) is 8.48. The van der Waals surface area contributed by atoms with Crippen LogP contribution < -0.4 is 10.0 Å². The number of aliphatic hydroxyl groups is 1. The van der Waals surface area contributed by atoms with Crippen molar-refractivity contribution < 1.29 is 18.3 Å². The highest BCUT2D eigenvalue weighted by atomic mass is 32.2. The van der Waals surface area contributed by atoms with Gasteiger partial charge in [-0.2, -0.15) is 0 Å². The molecular weight excluding hydrogens is 318 g/mol. The average molecular weight is 347 g/mol. The first-order valence-corrected chi connectivity index (χ1v) is 10.1. The summed E-state index contributed by atoms with van der Waals surface area (Å²) in [7, 11) is -1.95. The first kappa shape index (κ1) is 18.5. The summed E-state index contributed by atoms with van der Waals surface area (Å²) in [5.74, 6) is 0.583. The van der Waals surface area contributed by atoms with Crippen LogP contribution in [0.3, 0.4) is 0 Å². The summed E-state index contributed by atoms with van der Waals surface area (Å²) in [6, 6.07) is -0.155. The van der Waals surface area contributed by atoms with E-state index in [0.29, 0.717) is 12.5 Å². The van der Waals surface area contributed by atoms with Gasteiger partial charge in [0.15, 0.2) is 0 Å². The minimum atomic E-state index is -3.31. The standard InChI is InChI=1S/C15H29N3O4S/c1-11-5-6-14(19)12(10-11)13-4-3-8-18(13)15(20)17-7-9-23(21,22)16-2/h11-14,16,19H,3-10H2,1-2H3,(H,17,20)/t11-,12-,13+,14+/m0/s1. The van der Waals surface area contributed by atoms with Crippen molar-refractivity contribution in [3.05, 3.63) is 0 Å². The highest BCUT2D eigenvalue weighted by Gasteiger charge is 2.40. The van der Waals surface area contributed by atoms with E-state index in [0.717, 1.165) is 32.1 Å². The number of carbonyl (C=O) groups is 1. The van der Waals surface area contributed by atoms with Crippen LogP contribution in [0.4, 0.5) is 4.79 Å². The van der Waals surface area contributed by atoms with E-state index < -0.39 is 10.0 Å². The normalized spacial score (nSPS) is 32.0. The molecule has 1 heterocycles. The highest BCUT2D eigenvalue weighted by molar-refractivity contribution is 7.89. The van der Waals surface area contributed by atoms with Gasteiger partial charge in [0.1, 0.15) is 0 Å². The number of likely N-dealkylation sites (tertiary alicyclic amines) is 1. The Morgan fingerprint density at radius 2 is 2.04 bits per heavy atom. The van der Waals surface area contributed by atoms with E-state index in [4.69, 9.17) is 0 Å². The molecule has 4 atom stereocenters. The van der Waals surface area contributed by atoms with Crippen LogP contribution in [0, 0.1) is 11.8 Å². The molecule has 2 fully saturated rings. The summed E-state index contributed by atoms with van der Waals surface area (Å²) in [5, 5.41) is 13.0. The monoisotopic (exact) mass is 347 g/mol. The van der Waals surface area contributed by atoms with Gasteiger partial charge in [0, 0.05) is 25.0 Å². The van der Waals surface area contributed by atoms with Gasteiger partial charge in [-0.15, -0.1) is 0 Å². The number of amides is 2. The molecule has 0 aromatic heterocycles. The van der Waals surface area contributed by atoms with Gasteiger partial charge >= 0.3 is 6.03 Å². The predicted molar refractivity (Wildman–Crippen MR) is 88.5 cm³/mol. The lowest BCUT2D eigenvalue weighted by Gasteiger charge is -2.39. The Bertz CT molecular complexity index is 511. The number of hydrogen-bond acceptors (Lipinski definition) is 4. The second-order valence-electron chi connectivity index (χ2n) is 6.81. The van der Waals surface area contributed by atoms with Gasteiger partial charge in [-0.1, -0.05) is 6.92 Å². The number of carbonyl (C=O) groups excluding carboxylic acids is 1. The number of nitrogens with one attached hydrogen (secondary N) is 2. The molecule has 3 N–H and O–H groups in total. The van der Waals surface area contributed by atoms with Crippen molar-refractivity contribution in [1.29, 1.82) is 0 Å². The smallest absolute Gasteiger partial charge is 0.317 e. The SMILES string of the molecule is CNS(=O)(=O)CCNC(=O)N1CCC[C@@H]1[C@@H]1C[C@@H](C)CC[C@H]1O. The van der Waals surface area contributed by atoms with Gasteiger partial charge in [-0.3, -0.25) is 0 Å². The third kappa shape index (κ3) is 4.81. The lowest BCUT2D eigenvalue weighted by atomic mass is 9.76. The summed E-state index contributed by atoms with van der Waals surface area (Å²) in [4.78, 5) is 14.2. The fourth-order valence-corrected chi connectivity index (χ4v) is 4.38. The van der Waals surface area contributed by atoms with Crippen molar-refractivity contribution in [1.82, 2.24) is 14.9 Å². The fourth-order valence-electron chi connectivity index (χ4n) is 3.81. The summed E-state index contributed by atoms with van der Waals surface area (Å²) >= 11 is 0. The molecule has 134 valence electrons. The molecule has 0 aromatic rings. The summed E-state index contributed by atoms with van der Waals surface area (Å²) in [6.45, 7) is 2.96. The third-order valence-electron chi connectivity index (χ3n) is 5.14. The third-order valence-corrected chi connectivity index (χ3v) is 6.50. The van der Waals surface area contributed by atoms with Crippen molar-refractivity contribution in [3.8, 4) is 0 Å². The maximum atomic E-state index is 12.4.